The number of rotatable bonds is 6. The topological polar surface area (TPSA) is 85.8 Å². The van der Waals surface area contributed by atoms with Crippen LogP contribution in [-0.2, 0) is 23.0 Å². The third kappa shape index (κ3) is 3.68. The maximum Gasteiger partial charge on any atom is 0.207 e. The molecule has 0 aliphatic heterocycles. The fraction of sp³-hybridized carbons (Fsp3) is 0.520. The van der Waals surface area contributed by atoms with Crippen LogP contribution in [0.5, 0.6) is 5.75 Å². The number of nitrogens with one attached hydrogen (secondary N) is 1. The van der Waals surface area contributed by atoms with Crippen LogP contribution in [0, 0.1) is 0 Å². The monoisotopic (exact) mass is 433 g/mol. The number of fused-ring (bicyclic) bond motifs is 1. The molecular weight excluding hydrogens is 402 g/mol. The lowest BCUT2D eigenvalue weighted by molar-refractivity contribution is 0.129. The molecule has 1 N–H and O–H groups in total. The van der Waals surface area contributed by atoms with Crippen LogP contribution < -0.4 is 4.74 Å². The van der Waals surface area contributed by atoms with Gasteiger partial charge in [0.2, 0.25) is 5.82 Å². The van der Waals surface area contributed by atoms with E-state index in [0.29, 0.717) is 12.4 Å². The molecule has 7 heteroatoms. The summed E-state index contributed by atoms with van der Waals surface area (Å²) in [5.41, 5.74) is 6.82. The second-order valence-electron chi connectivity index (χ2n) is 9.08. The first-order valence-corrected chi connectivity index (χ1v) is 11.7. The average molecular weight is 434 g/mol. The first-order chi connectivity index (χ1) is 15.8. The minimum atomic E-state index is -0.125. The summed E-state index contributed by atoms with van der Waals surface area (Å²) in [6.45, 7) is 0.654. The molecule has 2 aliphatic rings. The number of methoxy groups -OCH3 is 2. The van der Waals surface area contributed by atoms with E-state index in [2.05, 4.69) is 38.8 Å². The lowest BCUT2D eigenvalue weighted by Gasteiger charge is -2.32. The molecule has 0 saturated heterocycles. The van der Waals surface area contributed by atoms with Crippen LogP contribution in [0.2, 0.25) is 0 Å². The van der Waals surface area contributed by atoms with Crippen LogP contribution in [0.1, 0.15) is 61.9 Å². The van der Waals surface area contributed by atoms with Gasteiger partial charge in [-0.05, 0) is 72.6 Å². The Hall–Kier alpha value is -2.80. The first kappa shape index (κ1) is 21.1. The maximum atomic E-state index is 5.78. The zero-order valence-electron chi connectivity index (χ0n) is 19.0. The van der Waals surface area contributed by atoms with Crippen LogP contribution in [0.15, 0.2) is 24.3 Å². The van der Waals surface area contributed by atoms with Crippen molar-refractivity contribution in [3.63, 3.8) is 0 Å². The third-order valence-electron chi connectivity index (χ3n) is 7.14. The van der Waals surface area contributed by atoms with E-state index in [1.54, 1.807) is 14.2 Å². The van der Waals surface area contributed by atoms with Crippen molar-refractivity contribution in [2.24, 2.45) is 0 Å². The molecule has 0 radical (unpaired) electrons. The third-order valence-corrected chi connectivity index (χ3v) is 7.14. The van der Waals surface area contributed by atoms with E-state index < -0.39 is 0 Å². The number of benzene rings is 1. The van der Waals surface area contributed by atoms with Crippen molar-refractivity contribution < 1.29 is 9.47 Å². The number of hydrogen-bond donors (Lipinski definition) is 1. The molecule has 0 spiro atoms. The number of aryl methyl sites for hydroxylation is 1. The lowest BCUT2D eigenvalue weighted by atomic mass is 9.77. The van der Waals surface area contributed by atoms with Gasteiger partial charge in [-0.15, -0.1) is 10.2 Å². The standard InChI is InChI=1S/C25H31N5O2/c1-31-16-25(13-6-7-14-25)23-22(24-27-29-30-28-24)21(17-9-8-10-18(15-17)32-2)19-11-4-3-5-12-20(19)26-23/h8-10,15H,3-7,11-14,16H2,1-2H3,(H,27,28,29,30). The summed E-state index contributed by atoms with van der Waals surface area (Å²) < 4.78 is 11.4. The molecule has 1 saturated carbocycles. The van der Waals surface area contributed by atoms with Crippen molar-refractivity contribution in [3.8, 4) is 28.3 Å². The minimum Gasteiger partial charge on any atom is -0.497 e. The highest BCUT2D eigenvalue weighted by Crippen LogP contribution is 2.48. The predicted octanol–water partition coefficient (Wildman–Crippen LogP) is 4.66. The van der Waals surface area contributed by atoms with E-state index in [0.717, 1.165) is 48.3 Å². The molecule has 1 fully saturated rings. The van der Waals surface area contributed by atoms with Crippen LogP contribution in [0.25, 0.3) is 22.5 Å². The molecule has 2 heterocycles. The molecule has 32 heavy (non-hydrogen) atoms. The lowest BCUT2D eigenvalue weighted by Crippen LogP contribution is -2.31. The number of pyridine rings is 1. The Morgan fingerprint density at radius 3 is 2.59 bits per heavy atom. The van der Waals surface area contributed by atoms with Crippen molar-refractivity contribution in [2.45, 2.75) is 63.2 Å². The second-order valence-corrected chi connectivity index (χ2v) is 9.08. The Morgan fingerprint density at radius 1 is 1.00 bits per heavy atom. The molecule has 5 rings (SSSR count). The Labute approximate surface area is 188 Å². The van der Waals surface area contributed by atoms with Gasteiger partial charge in [-0.3, -0.25) is 4.98 Å². The van der Waals surface area contributed by atoms with Gasteiger partial charge in [-0.1, -0.05) is 31.4 Å². The highest BCUT2D eigenvalue weighted by Gasteiger charge is 2.41. The molecule has 0 atom stereocenters. The van der Waals surface area contributed by atoms with Crippen molar-refractivity contribution in [3.05, 3.63) is 41.2 Å². The quantitative estimate of drug-likeness (QED) is 0.569. The molecule has 0 unspecified atom stereocenters. The summed E-state index contributed by atoms with van der Waals surface area (Å²) in [7, 11) is 3.50. The molecule has 1 aromatic carbocycles. The number of tetrazole rings is 1. The zero-order valence-corrected chi connectivity index (χ0v) is 19.0. The first-order valence-electron chi connectivity index (χ1n) is 11.7. The summed E-state index contributed by atoms with van der Waals surface area (Å²) in [5, 5.41) is 15.5. The van der Waals surface area contributed by atoms with Crippen LogP contribution in [0.3, 0.4) is 0 Å². The van der Waals surface area contributed by atoms with E-state index >= 15 is 0 Å². The van der Waals surface area contributed by atoms with Crippen molar-refractivity contribution in [1.29, 1.82) is 0 Å². The Morgan fingerprint density at radius 2 is 1.84 bits per heavy atom. The van der Waals surface area contributed by atoms with Gasteiger partial charge in [-0.2, -0.15) is 5.21 Å². The Bertz CT molecular complexity index is 1070. The van der Waals surface area contributed by atoms with Gasteiger partial charge in [0, 0.05) is 18.2 Å². The van der Waals surface area contributed by atoms with Gasteiger partial charge in [-0.25, -0.2) is 0 Å². The van der Waals surface area contributed by atoms with Crippen LogP contribution in [-0.4, -0.2) is 46.4 Å². The fourth-order valence-corrected chi connectivity index (χ4v) is 5.66. The van der Waals surface area contributed by atoms with E-state index in [1.807, 2.05) is 6.07 Å². The zero-order chi connectivity index (χ0) is 22.0. The Kier molecular flexibility index (Phi) is 5.91. The summed E-state index contributed by atoms with van der Waals surface area (Å²) >= 11 is 0. The molecule has 2 aromatic heterocycles. The predicted molar refractivity (Wildman–Crippen MR) is 123 cm³/mol. The maximum absolute atomic E-state index is 5.78. The second kappa shape index (κ2) is 8.98. The number of H-pyrrole nitrogens is 1. The summed E-state index contributed by atoms with van der Waals surface area (Å²) in [6.07, 6.45) is 10.1. The molecule has 3 aromatic rings. The van der Waals surface area contributed by atoms with Crippen molar-refractivity contribution in [1.82, 2.24) is 25.6 Å². The van der Waals surface area contributed by atoms with Gasteiger partial charge in [0.1, 0.15) is 5.75 Å². The van der Waals surface area contributed by atoms with E-state index in [1.165, 1.54) is 48.9 Å². The molecule has 0 amide bonds. The number of aromatic amines is 1. The largest absolute Gasteiger partial charge is 0.497 e. The molecule has 7 nitrogen and oxygen atoms in total. The molecular formula is C25H31N5O2. The SMILES string of the molecule is COCC1(c2nc3c(c(-c4cccc(OC)c4)c2-c2nn[nH]n2)CCCCC3)CCCC1. The highest BCUT2D eigenvalue weighted by molar-refractivity contribution is 5.86. The summed E-state index contributed by atoms with van der Waals surface area (Å²) in [6, 6.07) is 8.32. The van der Waals surface area contributed by atoms with Gasteiger partial charge in [0.05, 0.1) is 25.0 Å². The van der Waals surface area contributed by atoms with Crippen molar-refractivity contribution >= 4 is 0 Å². The highest BCUT2D eigenvalue weighted by atomic mass is 16.5. The number of ether oxygens (including phenoxy) is 2. The van der Waals surface area contributed by atoms with E-state index in [9.17, 15) is 0 Å². The number of nitrogens with zero attached hydrogens (tertiary/aromatic N) is 4. The summed E-state index contributed by atoms with van der Waals surface area (Å²) in [5.74, 6) is 1.45. The molecule has 168 valence electrons. The van der Waals surface area contributed by atoms with Crippen molar-refractivity contribution in [2.75, 3.05) is 20.8 Å². The molecule has 0 bridgehead atoms. The average Bonchev–Trinajstić information content (AvgIpc) is 3.47. The minimum absolute atomic E-state index is 0.125. The van der Waals surface area contributed by atoms with Crippen LogP contribution >= 0.6 is 0 Å². The van der Waals surface area contributed by atoms with Gasteiger partial charge < -0.3 is 9.47 Å². The van der Waals surface area contributed by atoms with Crippen LogP contribution in [0.4, 0.5) is 0 Å². The number of aromatic nitrogens is 5. The fourth-order valence-electron chi connectivity index (χ4n) is 5.66. The number of hydrogen-bond acceptors (Lipinski definition) is 6. The van der Waals surface area contributed by atoms with E-state index in [-0.39, 0.29) is 5.41 Å². The van der Waals surface area contributed by atoms with E-state index in [4.69, 9.17) is 14.5 Å². The van der Waals surface area contributed by atoms with Gasteiger partial charge >= 0.3 is 0 Å². The van der Waals surface area contributed by atoms with Gasteiger partial charge in [0.25, 0.3) is 0 Å². The Balaban J connectivity index is 1.86. The normalized spacial score (nSPS) is 17.7. The summed E-state index contributed by atoms with van der Waals surface area (Å²) in [4.78, 5) is 5.40. The smallest absolute Gasteiger partial charge is 0.207 e. The molecule has 2 aliphatic carbocycles. The van der Waals surface area contributed by atoms with Gasteiger partial charge in [0.15, 0.2) is 0 Å².